The summed E-state index contributed by atoms with van der Waals surface area (Å²) in [5, 5.41) is 19.2. The van der Waals surface area contributed by atoms with Crippen molar-refractivity contribution in [2.45, 2.75) is 24.9 Å². The Hall–Kier alpha value is -2.45. The molecule has 2 rings (SSSR count). The number of aliphatic hydroxyl groups is 1. The number of aliphatic hydroxyl groups excluding tert-OH is 1. The highest BCUT2D eigenvalue weighted by Gasteiger charge is 2.31. The number of carbonyl (C=O) groups is 2. The number of likely N-dealkylation sites (tertiary alicyclic amines) is 1. The van der Waals surface area contributed by atoms with Gasteiger partial charge in [0.05, 0.1) is 6.61 Å². The van der Waals surface area contributed by atoms with Crippen LogP contribution < -0.4 is 16.8 Å². The van der Waals surface area contributed by atoms with Crippen molar-refractivity contribution in [2.24, 2.45) is 11.5 Å². The number of hydrogen-bond acceptors (Lipinski definition) is 5. The summed E-state index contributed by atoms with van der Waals surface area (Å²) in [6.45, 7) is 0.522. The summed E-state index contributed by atoms with van der Waals surface area (Å²) in [6.07, 6.45) is 1.63. The fraction of sp³-hybridized carbons (Fsp3) is 0.438. The van der Waals surface area contributed by atoms with E-state index in [1.807, 2.05) is 0 Å². The van der Waals surface area contributed by atoms with Crippen LogP contribution in [-0.4, -0.2) is 59.4 Å². The molecule has 1 saturated heterocycles. The van der Waals surface area contributed by atoms with E-state index in [1.165, 1.54) is 0 Å². The SMILES string of the molecule is N=C(N)c1ccc(C(=O)NC[C@@H]2CCCN2C(=O)[C@@H](N)CO)cc1. The second kappa shape index (κ2) is 7.89. The number of nitrogens with zero attached hydrogens (tertiary/aromatic N) is 1. The molecule has 2 atom stereocenters. The lowest BCUT2D eigenvalue weighted by Crippen LogP contribution is -2.50. The van der Waals surface area contributed by atoms with Crippen LogP contribution in [0.3, 0.4) is 0 Å². The van der Waals surface area contributed by atoms with Crippen molar-refractivity contribution in [3.05, 3.63) is 35.4 Å². The molecule has 1 aliphatic heterocycles. The van der Waals surface area contributed by atoms with Crippen molar-refractivity contribution in [1.29, 1.82) is 5.41 Å². The highest BCUT2D eigenvalue weighted by Crippen LogP contribution is 2.17. The summed E-state index contributed by atoms with van der Waals surface area (Å²) in [7, 11) is 0. The average Bonchev–Trinajstić information content (AvgIpc) is 3.06. The van der Waals surface area contributed by atoms with E-state index in [9.17, 15) is 9.59 Å². The van der Waals surface area contributed by atoms with Gasteiger partial charge in [0.25, 0.3) is 5.91 Å². The molecule has 0 bridgehead atoms. The summed E-state index contributed by atoms with van der Waals surface area (Å²) in [6, 6.07) is 5.40. The summed E-state index contributed by atoms with van der Waals surface area (Å²) in [5.74, 6) is -0.599. The molecular weight excluding hydrogens is 310 g/mol. The molecular formula is C16H23N5O3. The highest BCUT2D eigenvalue weighted by molar-refractivity contribution is 5.98. The van der Waals surface area contributed by atoms with Gasteiger partial charge in [-0.05, 0) is 25.0 Å². The molecule has 7 N–H and O–H groups in total. The Bertz CT molecular complexity index is 617. The minimum absolute atomic E-state index is 0.0534. The van der Waals surface area contributed by atoms with Crippen LogP contribution in [0.15, 0.2) is 24.3 Å². The predicted molar refractivity (Wildman–Crippen MR) is 89.6 cm³/mol. The fourth-order valence-electron chi connectivity index (χ4n) is 2.74. The minimum atomic E-state index is -0.916. The number of hydrogen-bond donors (Lipinski definition) is 5. The van der Waals surface area contributed by atoms with Crippen molar-refractivity contribution in [3.8, 4) is 0 Å². The topological polar surface area (TPSA) is 146 Å². The largest absolute Gasteiger partial charge is 0.394 e. The minimum Gasteiger partial charge on any atom is -0.394 e. The van der Waals surface area contributed by atoms with Gasteiger partial charge in [-0.15, -0.1) is 0 Å². The second-order valence-corrected chi connectivity index (χ2v) is 5.82. The standard InChI is InChI=1S/C16H23N5O3/c17-13(9-22)16(24)21-7-1-2-12(21)8-20-15(23)11-5-3-10(4-6-11)14(18)19/h3-6,12-13,22H,1-2,7-9,17H2,(H3,18,19)(H,20,23)/t12-,13-/m0/s1. The molecule has 2 amide bonds. The Balaban J connectivity index is 1.93. The van der Waals surface area contributed by atoms with Crippen molar-refractivity contribution < 1.29 is 14.7 Å². The second-order valence-electron chi connectivity index (χ2n) is 5.82. The summed E-state index contributed by atoms with van der Waals surface area (Å²) in [5.41, 5.74) is 12.0. The third-order valence-electron chi connectivity index (χ3n) is 4.13. The molecule has 0 saturated carbocycles. The molecule has 0 unspecified atom stereocenters. The molecule has 24 heavy (non-hydrogen) atoms. The first kappa shape index (κ1) is 17.9. The van der Waals surface area contributed by atoms with Gasteiger partial charge in [-0.25, -0.2) is 0 Å². The van der Waals surface area contributed by atoms with E-state index in [-0.39, 0.29) is 23.7 Å². The Kier molecular flexibility index (Phi) is 5.88. The maximum Gasteiger partial charge on any atom is 0.251 e. The molecule has 0 aromatic heterocycles. The third kappa shape index (κ3) is 4.09. The molecule has 1 aromatic carbocycles. The van der Waals surface area contributed by atoms with Gasteiger partial charge < -0.3 is 26.8 Å². The molecule has 1 heterocycles. The molecule has 0 radical (unpaired) electrons. The normalized spacial score (nSPS) is 18.2. The molecule has 1 fully saturated rings. The molecule has 130 valence electrons. The fourth-order valence-corrected chi connectivity index (χ4v) is 2.74. The van der Waals surface area contributed by atoms with Crippen LogP contribution in [0.25, 0.3) is 0 Å². The summed E-state index contributed by atoms with van der Waals surface area (Å²) >= 11 is 0. The van der Waals surface area contributed by atoms with Crippen LogP contribution in [0.2, 0.25) is 0 Å². The van der Waals surface area contributed by atoms with Gasteiger partial charge in [-0.2, -0.15) is 0 Å². The van der Waals surface area contributed by atoms with Crippen LogP contribution in [-0.2, 0) is 4.79 Å². The van der Waals surface area contributed by atoms with Crippen molar-refractivity contribution in [3.63, 3.8) is 0 Å². The number of benzene rings is 1. The van der Waals surface area contributed by atoms with E-state index in [0.717, 1.165) is 12.8 Å². The number of rotatable bonds is 6. The predicted octanol–water partition coefficient (Wildman–Crippen LogP) is -0.989. The van der Waals surface area contributed by atoms with E-state index in [2.05, 4.69) is 5.32 Å². The lowest BCUT2D eigenvalue weighted by atomic mass is 10.1. The van der Waals surface area contributed by atoms with Gasteiger partial charge in [-0.1, -0.05) is 12.1 Å². The Labute approximate surface area is 140 Å². The number of amides is 2. The van der Waals surface area contributed by atoms with Gasteiger partial charge in [0.1, 0.15) is 11.9 Å². The quantitative estimate of drug-likeness (QED) is 0.335. The number of carbonyl (C=O) groups excluding carboxylic acids is 2. The smallest absolute Gasteiger partial charge is 0.251 e. The van der Waals surface area contributed by atoms with E-state index in [4.69, 9.17) is 22.0 Å². The monoisotopic (exact) mass is 333 g/mol. The molecule has 0 spiro atoms. The molecule has 1 aliphatic rings. The Morgan fingerprint density at radius 2 is 1.96 bits per heavy atom. The zero-order valence-electron chi connectivity index (χ0n) is 13.4. The van der Waals surface area contributed by atoms with Crippen LogP contribution >= 0.6 is 0 Å². The van der Waals surface area contributed by atoms with E-state index < -0.39 is 12.6 Å². The third-order valence-corrected chi connectivity index (χ3v) is 4.13. The summed E-state index contributed by atoms with van der Waals surface area (Å²) in [4.78, 5) is 25.9. The molecule has 1 aromatic rings. The number of nitrogens with two attached hydrogens (primary N) is 2. The maximum atomic E-state index is 12.2. The summed E-state index contributed by atoms with van der Waals surface area (Å²) < 4.78 is 0. The average molecular weight is 333 g/mol. The van der Waals surface area contributed by atoms with Crippen LogP contribution in [0.1, 0.15) is 28.8 Å². The number of nitrogens with one attached hydrogen (secondary N) is 2. The lowest BCUT2D eigenvalue weighted by Gasteiger charge is -2.27. The van der Waals surface area contributed by atoms with Gasteiger partial charge in [-0.3, -0.25) is 15.0 Å². The van der Waals surface area contributed by atoms with Crippen LogP contribution in [0, 0.1) is 5.41 Å². The number of amidine groups is 1. The lowest BCUT2D eigenvalue weighted by molar-refractivity contribution is -0.134. The van der Waals surface area contributed by atoms with Crippen LogP contribution in [0.4, 0.5) is 0 Å². The molecule has 0 aliphatic carbocycles. The zero-order chi connectivity index (χ0) is 17.7. The first-order valence-corrected chi connectivity index (χ1v) is 7.83. The molecule has 8 heteroatoms. The first-order valence-electron chi connectivity index (χ1n) is 7.83. The van der Waals surface area contributed by atoms with Gasteiger partial charge in [0.2, 0.25) is 5.91 Å². The zero-order valence-corrected chi connectivity index (χ0v) is 13.4. The van der Waals surface area contributed by atoms with E-state index in [1.54, 1.807) is 29.2 Å². The van der Waals surface area contributed by atoms with Crippen molar-refractivity contribution >= 4 is 17.6 Å². The highest BCUT2D eigenvalue weighted by atomic mass is 16.3. The van der Waals surface area contributed by atoms with Crippen LogP contribution in [0.5, 0.6) is 0 Å². The van der Waals surface area contributed by atoms with Crippen molar-refractivity contribution in [2.75, 3.05) is 19.7 Å². The maximum absolute atomic E-state index is 12.2. The Morgan fingerprint density at radius 3 is 2.54 bits per heavy atom. The van der Waals surface area contributed by atoms with Gasteiger partial charge >= 0.3 is 0 Å². The van der Waals surface area contributed by atoms with E-state index in [0.29, 0.717) is 24.2 Å². The number of nitrogen functional groups attached to an aromatic ring is 1. The van der Waals surface area contributed by atoms with Gasteiger partial charge in [0.15, 0.2) is 0 Å². The van der Waals surface area contributed by atoms with E-state index >= 15 is 0 Å². The first-order chi connectivity index (χ1) is 11.4. The molecule has 8 nitrogen and oxygen atoms in total. The Morgan fingerprint density at radius 1 is 1.33 bits per heavy atom. The van der Waals surface area contributed by atoms with Gasteiger partial charge in [0, 0.05) is 30.3 Å². The van der Waals surface area contributed by atoms with Crippen molar-refractivity contribution in [1.82, 2.24) is 10.2 Å².